The van der Waals surface area contributed by atoms with Gasteiger partial charge >= 0.3 is 121 Å². The third kappa shape index (κ3) is 26.9. The van der Waals surface area contributed by atoms with Gasteiger partial charge in [0.2, 0.25) is 0 Å². The molecule has 21 heteroatoms. The van der Waals surface area contributed by atoms with Crippen LogP contribution in [-0.2, 0) is 38.4 Å². The Morgan fingerprint density at radius 1 is 0.513 bits per heavy atom. The number of carbonyl (C=O) groups excluding carboxylic acids is 4. The zero-order valence-electron chi connectivity index (χ0n) is 21.1. The molecular formula is C18H22CaN2Na2O16. The van der Waals surface area contributed by atoms with Crippen molar-refractivity contribution in [3.63, 3.8) is 0 Å². The third-order valence-corrected chi connectivity index (χ3v) is 4.04. The third-order valence-electron chi connectivity index (χ3n) is 4.04. The molecule has 0 amide bonds. The first-order valence-corrected chi connectivity index (χ1v) is 9.64. The summed E-state index contributed by atoms with van der Waals surface area (Å²) in [6.45, 7) is -3.76. The first kappa shape index (κ1) is 47.7. The van der Waals surface area contributed by atoms with Gasteiger partial charge in [-0.2, -0.15) is 0 Å². The van der Waals surface area contributed by atoms with Crippen molar-refractivity contribution in [2.24, 2.45) is 0 Å². The van der Waals surface area contributed by atoms with Gasteiger partial charge in [-0.05, 0) is 12.8 Å². The van der Waals surface area contributed by atoms with E-state index in [1.807, 2.05) is 0 Å². The van der Waals surface area contributed by atoms with Gasteiger partial charge in [-0.1, -0.05) is 0 Å². The summed E-state index contributed by atoms with van der Waals surface area (Å²) in [6.07, 6.45) is -1.92. The molecule has 0 rings (SSSR count). The number of hydrogen-bond acceptors (Lipinski definition) is 14. The van der Waals surface area contributed by atoms with Crippen LogP contribution >= 0.6 is 0 Å². The van der Waals surface area contributed by atoms with Gasteiger partial charge in [0, 0.05) is 39.0 Å². The molecule has 0 unspecified atom stereocenters. The van der Waals surface area contributed by atoms with Gasteiger partial charge in [-0.15, -0.1) is 0 Å². The van der Waals surface area contributed by atoms with Crippen LogP contribution in [0.2, 0.25) is 0 Å². The summed E-state index contributed by atoms with van der Waals surface area (Å²) in [5.74, 6) is -12.3. The van der Waals surface area contributed by atoms with Crippen LogP contribution in [-0.4, -0.2) is 154 Å². The van der Waals surface area contributed by atoms with Crippen molar-refractivity contribution >= 4 is 85.5 Å². The standard InChI is InChI=1S/2C9H13NO8.Ca.2Na/c2*11-6(12)2-1-5(9(17)18)10(3-7(13)14)4-8(15)16;;;/h2*5H,1-4H2,(H,11,12)(H,13,14)(H,15,16)(H,17,18);;;/q;;+2;2*+1/p-4/t2*5-;;;/m00.../s1. The van der Waals surface area contributed by atoms with Crippen molar-refractivity contribution in [2.45, 2.75) is 37.8 Å². The molecule has 4 N–H and O–H groups in total. The number of carboxylic acids is 8. The molecule has 0 saturated heterocycles. The minimum atomic E-state index is -1.67. The largest absolute Gasteiger partial charge is 2.00 e. The van der Waals surface area contributed by atoms with Crippen molar-refractivity contribution in [3.05, 3.63) is 0 Å². The van der Waals surface area contributed by atoms with Crippen LogP contribution in [0.3, 0.4) is 0 Å². The molecule has 39 heavy (non-hydrogen) atoms. The van der Waals surface area contributed by atoms with Crippen LogP contribution in [0, 0.1) is 0 Å². The van der Waals surface area contributed by atoms with E-state index in [-0.39, 0.29) is 96.9 Å². The van der Waals surface area contributed by atoms with Gasteiger partial charge in [-0.25, -0.2) is 0 Å². The van der Waals surface area contributed by atoms with Gasteiger partial charge in [-0.3, -0.25) is 29.0 Å². The first-order chi connectivity index (χ1) is 16.5. The fraction of sp³-hybridized carbons (Fsp3) is 0.556. The van der Waals surface area contributed by atoms with Gasteiger partial charge in [0.05, 0.1) is 23.9 Å². The number of nitrogens with zero attached hydrogens (tertiary/aromatic N) is 2. The minimum Gasteiger partial charge on any atom is -0.549 e. The minimum absolute atomic E-state index is 0. The van der Waals surface area contributed by atoms with Crippen molar-refractivity contribution in [1.29, 1.82) is 0 Å². The molecule has 18 nitrogen and oxygen atoms in total. The van der Waals surface area contributed by atoms with E-state index in [0.717, 1.165) is 0 Å². The Morgan fingerprint density at radius 2 is 0.718 bits per heavy atom. The monoisotopic (exact) mass is 608 g/mol. The van der Waals surface area contributed by atoms with Crippen LogP contribution < -0.4 is 79.5 Å². The van der Waals surface area contributed by atoms with Crippen LogP contribution in [0.1, 0.15) is 25.7 Å². The summed E-state index contributed by atoms with van der Waals surface area (Å²) in [7, 11) is 0. The summed E-state index contributed by atoms with van der Waals surface area (Å²) >= 11 is 0. The molecule has 0 bridgehead atoms. The van der Waals surface area contributed by atoms with Gasteiger partial charge in [0.25, 0.3) is 0 Å². The number of carboxylic acid groups (broad SMARTS) is 8. The second-order valence-corrected chi connectivity index (χ2v) is 6.87. The fourth-order valence-corrected chi connectivity index (χ4v) is 2.66. The Kier molecular flexibility index (Phi) is 31.7. The summed E-state index contributed by atoms with van der Waals surface area (Å²) in [6, 6.07) is -3.09. The van der Waals surface area contributed by atoms with Crippen LogP contribution in [0.15, 0.2) is 0 Å². The smallest absolute Gasteiger partial charge is 0.549 e. The normalized spacial score (nSPS) is 11.1. The van der Waals surface area contributed by atoms with E-state index < -0.39 is 112 Å². The molecule has 0 aromatic heterocycles. The molecular weight excluding hydrogens is 586 g/mol. The summed E-state index contributed by atoms with van der Waals surface area (Å²) < 4.78 is 0. The Bertz CT molecular complexity index is 759. The van der Waals surface area contributed by atoms with Gasteiger partial charge in [0.15, 0.2) is 0 Å². The number of hydrogen-bond donors (Lipinski definition) is 4. The van der Waals surface area contributed by atoms with Crippen LogP contribution in [0.4, 0.5) is 0 Å². The molecule has 0 fully saturated rings. The maximum atomic E-state index is 10.9. The second-order valence-electron chi connectivity index (χ2n) is 6.87. The van der Waals surface area contributed by atoms with E-state index in [4.69, 9.17) is 20.4 Å². The molecule has 0 heterocycles. The SMILES string of the molecule is O=C([O-])CN(CC(=O)[O-])[C@@H](CCC(=O)O)C(=O)O.O=C([O-])CN(CC(=O)[O-])[C@@H](CCC(=O)O)C(=O)O.[Ca+2].[Na+].[Na+]. The van der Waals surface area contributed by atoms with E-state index in [9.17, 15) is 58.8 Å². The van der Waals surface area contributed by atoms with E-state index in [1.54, 1.807) is 0 Å². The number of carbonyl (C=O) groups is 8. The van der Waals surface area contributed by atoms with Gasteiger partial charge < -0.3 is 60.0 Å². The molecule has 2 atom stereocenters. The second kappa shape index (κ2) is 25.9. The van der Waals surface area contributed by atoms with E-state index in [0.29, 0.717) is 9.80 Å². The summed E-state index contributed by atoms with van der Waals surface area (Å²) in [5.41, 5.74) is 0. The molecule has 0 aliphatic rings. The van der Waals surface area contributed by atoms with E-state index in [1.165, 1.54) is 0 Å². The van der Waals surface area contributed by atoms with Crippen molar-refractivity contribution in [2.75, 3.05) is 26.2 Å². The molecule has 0 radical (unpaired) electrons. The number of aliphatic carboxylic acids is 8. The molecule has 0 aromatic rings. The van der Waals surface area contributed by atoms with E-state index >= 15 is 0 Å². The predicted octanol–water partition coefficient (Wildman–Crippen LogP) is -14.2. The summed E-state index contributed by atoms with van der Waals surface area (Å²) in [5, 5.41) is 76.0. The number of rotatable bonds is 18. The zero-order chi connectivity index (χ0) is 28.6. The predicted molar refractivity (Wildman–Crippen MR) is 106 cm³/mol. The maximum Gasteiger partial charge on any atom is 2.00 e. The molecule has 204 valence electrons. The van der Waals surface area contributed by atoms with Crippen molar-refractivity contribution < 1.29 is 138 Å². The van der Waals surface area contributed by atoms with Crippen molar-refractivity contribution in [1.82, 2.24) is 9.80 Å². The quantitative estimate of drug-likeness (QED) is 0.105. The van der Waals surface area contributed by atoms with Crippen molar-refractivity contribution in [3.8, 4) is 0 Å². The van der Waals surface area contributed by atoms with E-state index in [2.05, 4.69) is 0 Å². The Balaban J connectivity index is -0.000000183. The Hall–Kier alpha value is -1.06. The average Bonchev–Trinajstić information content (AvgIpc) is 2.65. The molecule has 0 aromatic carbocycles. The average molecular weight is 608 g/mol. The maximum absolute atomic E-state index is 10.9. The molecule has 0 aliphatic heterocycles. The molecule has 0 saturated carbocycles. The fourth-order valence-electron chi connectivity index (χ4n) is 2.66. The Morgan fingerprint density at radius 3 is 0.846 bits per heavy atom. The zero-order valence-corrected chi connectivity index (χ0v) is 27.3. The van der Waals surface area contributed by atoms with Crippen LogP contribution in [0.25, 0.3) is 0 Å². The van der Waals surface area contributed by atoms with Crippen LogP contribution in [0.5, 0.6) is 0 Å². The Labute approximate surface area is 294 Å². The first-order valence-electron chi connectivity index (χ1n) is 9.64. The summed E-state index contributed by atoms with van der Waals surface area (Å²) in [4.78, 5) is 85.0. The molecule has 0 aliphatic carbocycles. The van der Waals surface area contributed by atoms with Gasteiger partial charge in [0.1, 0.15) is 12.1 Å². The topological polar surface area (TPSA) is 316 Å². The molecule has 0 spiro atoms.